The Labute approximate surface area is 120 Å². The van der Waals surface area contributed by atoms with Gasteiger partial charge in [-0.1, -0.05) is 6.92 Å². The molecule has 2 unspecified atom stereocenters. The Morgan fingerprint density at radius 1 is 1.25 bits per heavy atom. The maximum atomic E-state index is 12.0. The normalized spacial score (nSPS) is 21.7. The van der Waals surface area contributed by atoms with Gasteiger partial charge in [0, 0.05) is 19.0 Å². The average molecular weight is 286 g/mol. The number of hydrogen-bond donors (Lipinski definition) is 2. The lowest BCUT2D eigenvalue weighted by Crippen LogP contribution is -2.44. The van der Waals surface area contributed by atoms with Crippen LogP contribution in [0.3, 0.4) is 0 Å². The van der Waals surface area contributed by atoms with Crippen molar-refractivity contribution >= 4 is 11.9 Å². The third-order valence-corrected chi connectivity index (χ3v) is 3.24. The maximum absolute atomic E-state index is 12.0. The van der Waals surface area contributed by atoms with Crippen LogP contribution in [0.15, 0.2) is 0 Å². The fourth-order valence-electron chi connectivity index (χ4n) is 2.15. The highest BCUT2D eigenvalue weighted by Crippen LogP contribution is 2.13. The first-order valence-electron chi connectivity index (χ1n) is 7.43. The van der Waals surface area contributed by atoms with Crippen LogP contribution in [0.5, 0.6) is 0 Å². The molecule has 0 aromatic heterocycles. The zero-order valence-corrected chi connectivity index (χ0v) is 12.4. The number of hydrogen-bond acceptors (Lipinski definition) is 5. The molecule has 1 rings (SSSR count). The third kappa shape index (κ3) is 5.88. The smallest absolute Gasteiger partial charge is 0.305 e. The molecule has 116 valence electrons. The molecule has 20 heavy (non-hydrogen) atoms. The van der Waals surface area contributed by atoms with Gasteiger partial charge >= 0.3 is 5.97 Å². The lowest BCUT2D eigenvalue weighted by Gasteiger charge is -2.18. The second-order valence-corrected chi connectivity index (χ2v) is 4.90. The minimum Gasteiger partial charge on any atom is -0.466 e. The van der Waals surface area contributed by atoms with Crippen LogP contribution in [0.25, 0.3) is 0 Å². The van der Waals surface area contributed by atoms with Crippen molar-refractivity contribution in [1.29, 1.82) is 0 Å². The molecule has 1 heterocycles. The number of esters is 1. The first-order chi connectivity index (χ1) is 9.69. The molecule has 1 fully saturated rings. The van der Waals surface area contributed by atoms with E-state index in [1.807, 2.05) is 0 Å². The SMILES string of the molecule is CCCNC1COCC1C(=O)NCCCC(=O)OCC. The molecule has 0 aromatic rings. The van der Waals surface area contributed by atoms with E-state index in [2.05, 4.69) is 17.6 Å². The van der Waals surface area contributed by atoms with E-state index in [1.54, 1.807) is 6.92 Å². The van der Waals surface area contributed by atoms with Crippen LogP contribution in [-0.2, 0) is 19.1 Å². The molecule has 6 heteroatoms. The van der Waals surface area contributed by atoms with Crippen molar-refractivity contribution in [3.8, 4) is 0 Å². The summed E-state index contributed by atoms with van der Waals surface area (Å²) in [5.74, 6) is -0.349. The first kappa shape index (κ1) is 16.9. The molecule has 1 amide bonds. The van der Waals surface area contributed by atoms with Gasteiger partial charge in [-0.05, 0) is 26.3 Å². The third-order valence-electron chi connectivity index (χ3n) is 3.24. The molecule has 0 spiro atoms. The first-order valence-corrected chi connectivity index (χ1v) is 7.43. The van der Waals surface area contributed by atoms with Crippen LogP contribution in [0.2, 0.25) is 0 Å². The van der Waals surface area contributed by atoms with Gasteiger partial charge in [0.05, 0.1) is 25.7 Å². The molecule has 2 atom stereocenters. The van der Waals surface area contributed by atoms with Crippen molar-refractivity contribution in [2.24, 2.45) is 5.92 Å². The highest BCUT2D eigenvalue weighted by molar-refractivity contribution is 5.80. The number of carbonyl (C=O) groups excluding carboxylic acids is 2. The Kier molecular flexibility index (Phi) is 8.22. The summed E-state index contributed by atoms with van der Waals surface area (Å²) in [7, 11) is 0. The van der Waals surface area contributed by atoms with Crippen molar-refractivity contribution in [2.45, 2.75) is 39.2 Å². The van der Waals surface area contributed by atoms with Gasteiger partial charge in [-0.3, -0.25) is 9.59 Å². The average Bonchev–Trinajstić information content (AvgIpc) is 2.90. The zero-order valence-electron chi connectivity index (χ0n) is 12.4. The summed E-state index contributed by atoms with van der Waals surface area (Å²) in [4.78, 5) is 23.2. The molecule has 0 bridgehead atoms. The van der Waals surface area contributed by atoms with E-state index in [-0.39, 0.29) is 23.8 Å². The van der Waals surface area contributed by atoms with E-state index in [0.29, 0.717) is 39.2 Å². The number of amides is 1. The molecule has 0 aromatic carbocycles. The van der Waals surface area contributed by atoms with E-state index in [4.69, 9.17) is 9.47 Å². The van der Waals surface area contributed by atoms with E-state index in [0.717, 1.165) is 13.0 Å². The molecular weight excluding hydrogens is 260 g/mol. The Hall–Kier alpha value is -1.14. The fraction of sp³-hybridized carbons (Fsp3) is 0.857. The second-order valence-electron chi connectivity index (χ2n) is 4.90. The Bertz CT molecular complexity index is 310. The van der Waals surface area contributed by atoms with Crippen molar-refractivity contribution in [2.75, 3.05) is 32.9 Å². The van der Waals surface area contributed by atoms with Crippen molar-refractivity contribution < 1.29 is 19.1 Å². The van der Waals surface area contributed by atoms with E-state index < -0.39 is 0 Å². The molecule has 0 radical (unpaired) electrons. The van der Waals surface area contributed by atoms with Crippen molar-refractivity contribution in [1.82, 2.24) is 10.6 Å². The van der Waals surface area contributed by atoms with Crippen LogP contribution in [0.1, 0.15) is 33.1 Å². The van der Waals surface area contributed by atoms with Gasteiger partial charge in [0.1, 0.15) is 0 Å². The van der Waals surface area contributed by atoms with E-state index in [1.165, 1.54) is 0 Å². The van der Waals surface area contributed by atoms with Crippen molar-refractivity contribution in [3.05, 3.63) is 0 Å². The minimum absolute atomic E-state index is 0.0000352. The quantitative estimate of drug-likeness (QED) is 0.476. The van der Waals surface area contributed by atoms with Gasteiger partial charge in [-0.25, -0.2) is 0 Å². The number of rotatable bonds is 9. The minimum atomic E-state index is -0.214. The van der Waals surface area contributed by atoms with E-state index >= 15 is 0 Å². The molecular formula is C14H26N2O4. The van der Waals surface area contributed by atoms with Crippen molar-refractivity contribution in [3.63, 3.8) is 0 Å². The largest absolute Gasteiger partial charge is 0.466 e. The van der Waals surface area contributed by atoms with Crippen LogP contribution >= 0.6 is 0 Å². The Morgan fingerprint density at radius 3 is 2.75 bits per heavy atom. The summed E-state index contributed by atoms with van der Waals surface area (Å²) in [5.41, 5.74) is 0. The van der Waals surface area contributed by atoms with Crippen LogP contribution in [0, 0.1) is 5.92 Å². The molecule has 1 aliphatic rings. The van der Waals surface area contributed by atoms with Crippen LogP contribution in [-0.4, -0.2) is 50.8 Å². The molecule has 0 saturated carbocycles. The van der Waals surface area contributed by atoms with Gasteiger partial charge in [-0.2, -0.15) is 0 Å². The van der Waals surface area contributed by atoms with Gasteiger partial charge < -0.3 is 20.1 Å². The Morgan fingerprint density at radius 2 is 2.05 bits per heavy atom. The van der Waals surface area contributed by atoms with Gasteiger partial charge in [0.25, 0.3) is 0 Å². The predicted octanol–water partition coefficient (Wildman–Crippen LogP) is 0.461. The standard InChI is InChI=1S/C14H26N2O4/c1-3-7-15-12-10-19-9-11(12)14(18)16-8-5-6-13(17)20-4-2/h11-12,15H,3-10H2,1-2H3,(H,16,18). The van der Waals surface area contributed by atoms with Gasteiger partial charge in [-0.15, -0.1) is 0 Å². The number of ether oxygens (including phenoxy) is 2. The lowest BCUT2D eigenvalue weighted by molar-refractivity contribution is -0.143. The number of carbonyl (C=O) groups is 2. The predicted molar refractivity (Wildman–Crippen MR) is 75.3 cm³/mol. The van der Waals surface area contributed by atoms with Gasteiger partial charge in [0.2, 0.25) is 5.91 Å². The van der Waals surface area contributed by atoms with Gasteiger partial charge in [0.15, 0.2) is 0 Å². The number of nitrogens with one attached hydrogen (secondary N) is 2. The zero-order chi connectivity index (χ0) is 14.8. The summed E-state index contributed by atoms with van der Waals surface area (Å²) < 4.78 is 10.2. The second kappa shape index (κ2) is 9.72. The molecule has 1 saturated heterocycles. The summed E-state index contributed by atoms with van der Waals surface area (Å²) in [5, 5.41) is 6.19. The highest BCUT2D eigenvalue weighted by Gasteiger charge is 2.33. The summed E-state index contributed by atoms with van der Waals surface area (Å²) in [6.45, 7) is 6.70. The maximum Gasteiger partial charge on any atom is 0.305 e. The van der Waals surface area contributed by atoms with Crippen LogP contribution < -0.4 is 10.6 Å². The summed E-state index contributed by atoms with van der Waals surface area (Å²) in [6.07, 6.45) is 1.97. The topological polar surface area (TPSA) is 76.7 Å². The molecule has 2 N–H and O–H groups in total. The summed E-state index contributed by atoms with van der Waals surface area (Å²) in [6, 6.07) is 0.0972. The molecule has 0 aliphatic carbocycles. The Balaban J connectivity index is 2.19. The fourth-order valence-corrected chi connectivity index (χ4v) is 2.15. The lowest BCUT2D eigenvalue weighted by atomic mass is 10.0. The highest BCUT2D eigenvalue weighted by atomic mass is 16.5. The van der Waals surface area contributed by atoms with Crippen LogP contribution in [0.4, 0.5) is 0 Å². The van der Waals surface area contributed by atoms with E-state index in [9.17, 15) is 9.59 Å². The summed E-state index contributed by atoms with van der Waals surface area (Å²) >= 11 is 0. The monoisotopic (exact) mass is 286 g/mol. The molecule has 6 nitrogen and oxygen atoms in total. The molecule has 1 aliphatic heterocycles.